The number of hydroxylamine groups is 1. The molecule has 3 N–H and O–H groups in total. The van der Waals surface area contributed by atoms with Gasteiger partial charge in [-0.1, -0.05) is 0 Å². The lowest BCUT2D eigenvalue weighted by atomic mass is 10.2. The topological polar surface area (TPSA) is 88.3 Å². The molecule has 2 rings (SSSR count). The van der Waals surface area contributed by atoms with Crippen LogP contribution in [0, 0.1) is 0 Å². The summed E-state index contributed by atoms with van der Waals surface area (Å²) in [5.74, 6) is 0.654. The van der Waals surface area contributed by atoms with Crippen LogP contribution in [-0.4, -0.2) is 28.4 Å². The molecule has 1 aliphatic heterocycles. The average molecular weight is 240 g/mol. The van der Waals surface area contributed by atoms with Gasteiger partial charge in [-0.15, -0.1) is 5.48 Å². The zero-order valence-corrected chi connectivity index (χ0v) is 10.0. The quantitative estimate of drug-likeness (QED) is 0.714. The van der Waals surface area contributed by atoms with Crippen molar-refractivity contribution in [2.45, 2.75) is 32.4 Å². The fourth-order valence-corrected chi connectivity index (χ4v) is 1.45. The third-order valence-corrected chi connectivity index (χ3v) is 2.14. The molecule has 0 spiro atoms. The van der Waals surface area contributed by atoms with Gasteiger partial charge in [0, 0.05) is 6.54 Å². The Morgan fingerprint density at radius 2 is 2.41 bits per heavy atom. The monoisotopic (exact) mass is 240 g/mol. The number of rotatable bonds is 2. The minimum absolute atomic E-state index is 0.139. The molecular formula is C10H16N4O3. The SMILES string of the molecule is CC(C)(C)OC(=O)NCC1NOc2cn[nH]c21. The summed E-state index contributed by atoms with van der Waals surface area (Å²) in [6.45, 7) is 5.81. The number of aromatic amines is 1. The molecule has 1 amide bonds. The minimum Gasteiger partial charge on any atom is -0.444 e. The van der Waals surface area contributed by atoms with E-state index in [4.69, 9.17) is 9.57 Å². The van der Waals surface area contributed by atoms with Crippen molar-refractivity contribution in [3.8, 4) is 5.75 Å². The Morgan fingerprint density at radius 1 is 1.65 bits per heavy atom. The molecule has 1 aromatic rings. The van der Waals surface area contributed by atoms with Crippen LogP contribution in [0.2, 0.25) is 0 Å². The zero-order chi connectivity index (χ0) is 12.5. The number of carbonyl (C=O) groups is 1. The number of fused-ring (bicyclic) bond motifs is 1. The van der Waals surface area contributed by atoms with E-state index in [-0.39, 0.29) is 6.04 Å². The van der Waals surface area contributed by atoms with Gasteiger partial charge in [0.05, 0.1) is 6.20 Å². The lowest BCUT2D eigenvalue weighted by Crippen LogP contribution is -2.37. The smallest absolute Gasteiger partial charge is 0.407 e. The van der Waals surface area contributed by atoms with Gasteiger partial charge in [-0.3, -0.25) is 5.10 Å². The number of alkyl carbamates (subject to hydrolysis) is 1. The third kappa shape index (κ3) is 2.88. The maximum absolute atomic E-state index is 11.4. The molecule has 7 nitrogen and oxygen atoms in total. The predicted molar refractivity (Wildman–Crippen MR) is 59.3 cm³/mol. The Labute approximate surface area is 98.8 Å². The van der Waals surface area contributed by atoms with Crippen molar-refractivity contribution in [3.05, 3.63) is 11.9 Å². The first kappa shape index (κ1) is 11.7. The normalized spacial score (nSPS) is 18.4. The Hall–Kier alpha value is -1.76. The van der Waals surface area contributed by atoms with Gasteiger partial charge in [0.15, 0.2) is 5.75 Å². The van der Waals surface area contributed by atoms with Gasteiger partial charge in [-0.25, -0.2) is 4.79 Å². The Kier molecular flexibility index (Phi) is 2.93. The van der Waals surface area contributed by atoms with Crippen LogP contribution in [0.15, 0.2) is 6.20 Å². The fraction of sp³-hybridized carbons (Fsp3) is 0.600. The van der Waals surface area contributed by atoms with Crippen LogP contribution in [0.25, 0.3) is 0 Å². The molecule has 94 valence electrons. The first-order chi connectivity index (χ1) is 7.96. The van der Waals surface area contributed by atoms with Crippen molar-refractivity contribution in [2.24, 2.45) is 0 Å². The van der Waals surface area contributed by atoms with Gasteiger partial charge in [-0.05, 0) is 20.8 Å². The van der Waals surface area contributed by atoms with Crippen LogP contribution in [0.4, 0.5) is 4.79 Å². The van der Waals surface area contributed by atoms with Crippen molar-refractivity contribution in [1.82, 2.24) is 21.0 Å². The van der Waals surface area contributed by atoms with Gasteiger partial charge in [-0.2, -0.15) is 5.10 Å². The second kappa shape index (κ2) is 4.25. The largest absolute Gasteiger partial charge is 0.444 e. The summed E-state index contributed by atoms with van der Waals surface area (Å²) < 4.78 is 5.12. The molecule has 0 aliphatic carbocycles. The Bertz CT molecular complexity index is 410. The molecule has 7 heteroatoms. The van der Waals surface area contributed by atoms with Crippen LogP contribution in [0.5, 0.6) is 5.75 Å². The van der Waals surface area contributed by atoms with Crippen LogP contribution >= 0.6 is 0 Å². The van der Waals surface area contributed by atoms with Crippen molar-refractivity contribution >= 4 is 6.09 Å². The fourth-order valence-electron chi connectivity index (χ4n) is 1.45. The number of nitrogens with one attached hydrogen (secondary N) is 3. The summed E-state index contributed by atoms with van der Waals surface area (Å²) in [5.41, 5.74) is 3.10. The van der Waals surface area contributed by atoms with E-state index in [1.54, 1.807) is 6.20 Å². The zero-order valence-electron chi connectivity index (χ0n) is 10.0. The molecule has 1 unspecified atom stereocenters. The van der Waals surface area contributed by atoms with E-state index >= 15 is 0 Å². The molecule has 0 fully saturated rings. The molecule has 17 heavy (non-hydrogen) atoms. The number of nitrogens with zero attached hydrogens (tertiary/aromatic N) is 1. The van der Waals surface area contributed by atoms with E-state index in [0.29, 0.717) is 12.3 Å². The predicted octanol–water partition coefficient (Wildman–Crippen LogP) is 0.873. The molecule has 1 aromatic heterocycles. The Morgan fingerprint density at radius 3 is 3.12 bits per heavy atom. The number of amides is 1. The van der Waals surface area contributed by atoms with Gasteiger partial charge in [0.2, 0.25) is 0 Å². The van der Waals surface area contributed by atoms with Crippen LogP contribution < -0.4 is 15.6 Å². The van der Waals surface area contributed by atoms with E-state index in [2.05, 4.69) is 21.0 Å². The summed E-state index contributed by atoms with van der Waals surface area (Å²) in [6, 6.07) is -0.139. The van der Waals surface area contributed by atoms with Crippen LogP contribution in [0.3, 0.4) is 0 Å². The standard InChI is InChI=1S/C10H16N4O3/c1-10(2,3)16-9(15)11-4-6-8-7(17-14-6)5-12-13-8/h5-6,14H,4H2,1-3H3,(H,11,15)(H,12,13). The van der Waals surface area contributed by atoms with Crippen molar-refractivity contribution < 1.29 is 14.4 Å². The lowest BCUT2D eigenvalue weighted by Gasteiger charge is -2.20. The molecular weight excluding hydrogens is 224 g/mol. The molecule has 0 radical (unpaired) electrons. The maximum atomic E-state index is 11.4. The number of hydrogen-bond donors (Lipinski definition) is 3. The van der Waals surface area contributed by atoms with Gasteiger partial charge in [0.25, 0.3) is 0 Å². The highest BCUT2D eigenvalue weighted by Crippen LogP contribution is 2.27. The van der Waals surface area contributed by atoms with Crippen LogP contribution in [-0.2, 0) is 4.74 Å². The van der Waals surface area contributed by atoms with E-state index in [1.165, 1.54) is 0 Å². The molecule has 0 saturated heterocycles. The van der Waals surface area contributed by atoms with E-state index in [9.17, 15) is 4.79 Å². The number of H-pyrrole nitrogens is 1. The number of carbonyl (C=O) groups excluding carboxylic acids is 1. The van der Waals surface area contributed by atoms with Gasteiger partial charge in [0.1, 0.15) is 17.3 Å². The highest BCUT2D eigenvalue weighted by Gasteiger charge is 2.27. The summed E-state index contributed by atoms with van der Waals surface area (Å²) >= 11 is 0. The second-order valence-corrected chi connectivity index (χ2v) is 4.80. The molecule has 2 heterocycles. The summed E-state index contributed by atoms with van der Waals surface area (Å²) in [5, 5.41) is 9.32. The first-order valence-corrected chi connectivity index (χ1v) is 5.38. The number of hydrogen-bond acceptors (Lipinski definition) is 5. The van der Waals surface area contributed by atoms with E-state index < -0.39 is 11.7 Å². The minimum atomic E-state index is -0.497. The lowest BCUT2D eigenvalue weighted by molar-refractivity contribution is 0.0515. The molecule has 0 bridgehead atoms. The maximum Gasteiger partial charge on any atom is 0.407 e. The first-order valence-electron chi connectivity index (χ1n) is 5.38. The second-order valence-electron chi connectivity index (χ2n) is 4.80. The molecule has 0 aromatic carbocycles. The molecule has 1 aliphatic rings. The van der Waals surface area contributed by atoms with Crippen molar-refractivity contribution in [1.29, 1.82) is 0 Å². The van der Waals surface area contributed by atoms with Crippen molar-refractivity contribution in [3.63, 3.8) is 0 Å². The van der Waals surface area contributed by atoms with Gasteiger partial charge >= 0.3 is 6.09 Å². The molecule has 1 atom stereocenters. The number of ether oxygens (including phenoxy) is 1. The molecule has 0 saturated carbocycles. The highest BCUT2D eigenvalue weighted by molar-refractivity contribution is 5.67. The highest BCUT2D eigenvalue weighted by atomic mass is 16.7. The van der Waals surface area contributed by atoms with E-state index in [1.807, 2.05) is 20.8 Å². The average Bonchev–Trinajstić information content (AvgIpc) is 2.73. The third-order valence-electron chi connectivity index (χ3n) is 2.14. The summed E-state index contributed by atoms with van der Waals surface area (Å²) in [7, 11) is 0. The summed E-state index contributed by atoms with van der Waals surface area (Å²) in [6.07, 6.45) is 1.13. The van der Waals surface area contributed by atoms with E-state index in [0.717, 1.165) is 5.69 Å². The van der Waals surface area contributed by atoms with Gasteiger partial charge < -0.3 is 14.9 Å². The van der Waals surface area contributed by atoms with Crippen molar-refractivity contribution in [2.75, 3.05) is 6.54 Å². The Balaban J connectivity index is 1.82. The van der Waals surface area contributed by atoms with Crippen LogP contribution in [0.1, 0.15) is 32.5 Å². The summed E-state index contributed by atoms with van der Waals surface area (Å²) in [4.78, 5) is 16.6. The number of aromatic nitrogens is 2.